The Kier molecular flexibility index (Phi) is 5.37. The van der Waals surface area contributed by atoms with Crippen LogP contribution in [0.25, 0.3) is 71.3 Å². The van der Waals surface area contributed by atoms with Crippen LogP contribution in [0.3, 0.4) is 0 Å². The molecule has 1 aromatic heterocycles. The first kappa shape index (κ1) is 26.3. The van der Waals surface area contributed by atoms with Gasteiger partial charge in [0.1, 0.15) is 0 Å². The van der Waals surface area contributed by atoms with Gasteiger partial charge in [-0.05, 0) is 96.1 Å². The third-order valence-corrected chi connectivity index (χ3v) is 11.1. The van der Waals surface area contributed by atoms with Gasteiger partial charge < -0.3 is 4.57 Å². The van der Waals surface area contributed by atoms with Gasteiger partial charge >= 0.3 is 0 Å². The number of fused-ring (bicyclic) bond motifs is 10. The molecule has 0 fully saturated rings. The summed E-state index contributed by atoms with van der Waals surface area (Å²) in [5.74, 6) is 0. The molecule has 0 radical (unpaired) electrons. The highest BCUT2D eigenvalue weighted by molar-refractivity contribution is 6.16. The van der Waals surface area contributed by atoms with Gasteiger partial charge in [0.25, 0.3) is 0 Å². The Morgan fingerprint density at radius 1 is 0.444 bits per heavy atom. The lowest BCUT2D eigenvalue weighted by molar-refractivity contribution is 0.299. The van der Waals surface area contributed by atoms with Gasteiger partial charge in [-0.3, -0.25) is 0 Å². The van der Waals surface area contributed by atoms with E-state index in [4.69, 9.17) is 0 Å². The molecule has 1 nitrogen and oxygen atoms in total. The first-order chi connectivity index (χ1) is 21.8. The molecule has 0 bridgehead atoms. The lowest BCUT2D eigenvalue weighted by atomic mass is 9.55. The average molecular weight is 578 g/mol. The lowest BCUT2D eigenvalue weighted by Gasteiger charge is -2.48. The summed E-state index contributed by atoms with van der Waals surface area (Å²) in [7, 11) is 0. The topological polar surface area (TPSA) is 4.93 Å². The molecule has 0 amide bonds. The SMILES string of the molecule is CC1(C)c2ccccc2-c2c(ccc3ccc4cc(-c5ccc(-n6c7ccccc7c7ccccc76)cc5)ccc4c23)C1(C)C. The molecule has 7 aromatic carbocycles. The number of aromatic nitrogens is 1. The third kappa shape index (κ3) is 3.56. The first-order valence-electron chi connectivity index (χ1n) is 16.0. The second kappa shape index (κ2) is 9.19. The fraction of sp³-hybridized carbons (Fsp3) is 0.136. The minimum atomic E-state index is -0.00883. The van der Waals surface area contributed by atoms with Crippen LogP contribution >= 0.6 is 0 Å². The van der Waals surface area contributed by atoms with Crippen molar-refractivity contribution in [3.63, 3.8) is 0 Å². The van der Waals surface area contributed by atoms with Crippen molar-refractivity contribution in [2.75, 3.05) is 0 Å². The molecule has 0 N–H and O–H groups in total. The molecule has 1 aliphatic carbocycles. The monoisotopic (exact) mass is 577 g/mol. The fourth-order valence-electron chi connectivity index (χ4n) is 8.06. The summed E-state index contributed by atoms with van der Waals surface area (Å²) in [6.07, 6.45) is 0. The zero-order valence-corrected chi connectivity index (χ0v) is 26.2. The number of hydrogen-bond donors (Lipinski definition) is 0. The van der Waals surface area contributed by atoms with Crippen molar-refractivity contribution >= 4 is 43.4 Å². The molecule has 0 aliphatic heterocycles. The van der Waals surface area contributed by atoms with Crippen LogP contribution < -0.4 is 0 Å². The van der Waals surface area contributed by atoms with Crippen LogP contribution in [0.15, 0.2) is 140 Å². The largest absolute Gasteiger partial charge is 0.309 e. The lowest BCUT2D eigenvalue weighted by Crippen LogP contribution is -2.43. The molecule has 216 valence electrons. The van der Waals surface area contributed by atoms with E-state index in [-0.39, 0.29) is 10.8 Å². The minimum absolute atomic E-state index is 0.00883. The van der Waals surface area contributed by atoms with Crippen LogP contribution in [0, 0.1) is 0 Å². The molecular formula is C44H35N. The molecule has 1 aliphatic rings. The van der Waals surface area contributed by atoms with Crippen LogP contribution in [-0.4, -0.2) is 4.57 Å². The Morgan fingerprint density at radius 3 is 1.76 bits per heavy atom. The maximum absolute atomic E-state index is 2.42. The third-order valence-electron chi connectivity index (χ3n) is 11.1. The second-order valence-corrected chi connectivity index (χ2v) is 13.8. The summed E-state index contributed by atoms with van der Waals surface area (Å²) >= 11 is 0. The van der Waals surface area contributed by atoms with Gasteiger partial charge in [-0.2, -0.15) is 0 Å². The number of rotatable bonds is 2. The van der Waals surface area contributed by atoms with Crippen molar-refractivity contribution in [1.82, 2.24) is 4.57 Å². The van der Waals surface area contributed by atoms with Crippen LogP contribution in [-0.2, 0) is 10.8 Å². The maximum atomic E-state index is 2.42. The van der Waals surface area contributed by atoms with E-state index in [1.54, 1.807) is 0 Å². The van der Waals surface area contributed by atoms with E-state index in [9.17, 15) is 0 Å². The Labute approximate surface area is 264 Å². The quantitative estimate of drug-likeness (QED) is 0.180. The van der Waals surface area contributed by atoms with E-state index in [0.29, 0.717) is 0 Å². The average Bonchev–Trinajstić information content (AvgIpc) is 3.41. The summed E-state index contributed by atoms with van der Waals surface area (Å²) in [5, 5.41) is 7.84. The van der Waals surface area contributed by atoms with E-state index >= 15 is 0 Å². The van der Waals surface area contributed by atoms with Crippen LogP contribution in [0.4, 0.5) is 0 Å². The van der Waals surface area contributed by atoms with Crippen LogP contribution in [0.1, 0.15) is 38.8 Å². The van der Waals surface area contributed by atoms with Gasteiger partial charge in [-0.1, -0.05) is 137 Å². The normalized spacial score (nSPS) is 15.0. The first-order valence-corrected chi connectivity index (χ1v) is 16.0. The minimum Gasteiger partial charge on any atom is -0.309 e. The summed E-state index contributed by atoms with van der Waals surface area (Å²) in [6.45, 7) is 9.64. The van der Waals surface area contributed by atoms with Crippen LogP contribution in [0.5, 0.6) is 0 Å². The summed E-state index contributed by atoms with van der Waals surface area (Å²) in [5.41, 5.74) is 11.8. The Bertz CT molecular complexity index is 2420. The summed E-state index contributed by atoms with van der Waals surface area (Å²) in [4.78, 5) is 0. The van der Waals surface area contributed by atoms with Gasteiger partial charge in [-0.15, -0.1) is 0 Å². The molecule has 8 aromatic rings. The van der Waals surface area contributed by atoms with E-state index in [1.165, 1.54) is 82.4 Å². The van der Waals surface area contributed by atoms with Gasteiger partial charge in [0.2, 0.25) is 0 Å². The standard InChI is InChI=1S/C44H35N/c1-43(2)37-14-8-5-13-36(37)42-38(44(43,3)4)26-22-29-17-18-31-27-30(21-25-33(31)41(29)42)28-19-23-32(24-20-28)45-39-15-9-6-11-34(39)35-12-7-10-16-40(35)45/h5-27H,1-4H3. The second-order valence-electron chi connectivity index (χ2n) is 13.8. The fourth-order valence-corrected chi connectivity index (χ4v) is 8.06. The van der Waals surface area contributed by atoms with E-state index in [1.807, 2.05) is 0 Å². The number of benzene rings is 7. The van der Waals surface area contributed by atoms with Crippen molar-refractivity contribution in [3.8, 4) is 27.9 Å². The molecular weight excluding hydrogens is 542 g/mol. The van der Waals surface area contributed by atoms with Crippen molar-refractivity contribution < 1.29 is 0 Å². The highest BCUT2D eigenvalue weighted by Gasteiger charge is 2.46. The highest BCUT2D eigenvalue weighted by atomic mass is 15.0. The summed E-state index contributed by atoms with van der Waals surface area (Å²) < 4.78 is 2.38. The molecule has 45 heavy (non-hydrogen) atoms. The molecule has 0 saturated heterocycles. The molecule has 0 atom stereocenters. The molecule has 0 saturated carbocycles. The zero-order valence-electron chi connectivity index (χ0n) is 26.2. The van der Waals surface area contributed by atoms with Gasteiger partial charge in [0.15, 0.2) is 0 Å². The highest BCUT2D eigenvalue weighted by Crippen LogP contribution is 2.56. The smallest absolute Gasteiger partial charge is 0.0541 e. The van der Waals surface area contributed by atoms with Crippen molar-refractivity contribution in [3.05, 3.63) is 151 Å². The van der Waals surface area contributed by atoms with Crippen molar-refractivity contribution in [2.45, 2.75) is 38.5 Å². The Hall–Kier alpha value is -5.14. The van der Waals surface area contributed by atoms with Gasteiger partial charge in [0.05, 0.1) is 11.0 Å². The van der Waals surface area contributed by atoms with E-state index < -0.39 is 0 Å². The molecule has 1 heterocycles. The van der Waals surface area contributed by atoms with Crippen LogP contribution in [0.2, 0.25) is 0 Å². The molecule has 0 unspecified atom stereocenters. The number of hydrogen-bond acceptors (Lipinski definition) is 0. The Balaban J connectivity index is 1.19. The number of nitrogens with zero attached hydrogens (tertiary/aromatic N) is 1. The predicted octanol–water partition coefficient (Wildman–Crippen LogP) is 12.0. The molecule has 1 heteroatoms. The van der Waals surface area contributed by atoms with Crippen molar-refractivity contribution in [1.29, 1.82) is 0 Å². The predicted molar refractivity (Wildman–Crippen MR) is 193 cm³/mol. The van der Waals surface area contributed by atoms with E-state index in [0.717, 1.165) is 0 Å². The summed E-state index contributed by atoms with van der Waals surface area (Å²) in [6, 6.07) is 51.9. The van der Waals surface area contributed by atoms with E-state index in [2.05, 4.69) is 172 Å². The maximum Gasteiger partial charge on any atom is 0.0541 e. The van der Waals surface area contributed by atoms with Gasteiger partial charge in [-0.25, -0.2) is 0 Å². The Morgan fingerprint density at radius 2 is 1.02 bits per heavy atom. The van der Waals surface area contributed by atoms with Crippen molar-refractivity contribution in [2.24, 2.45) is 0 Å². The van der Waals surface area contributed by atoms with Gasteiger partial charge in [0, 0.05) is 16.5 Å². The zero-order chi connectivity index (χ0) is 30.5. The number of para-hydroxylation sites is 2. The molecule has 0 spiro atoms. The molecule has 9 rings (SSSR count).